The van der Waals surface area contributed by atoms with E-state index in [0.717, 1.165) is 19.3 Å². The van der Waals surface area contributed by atoms with Crippen LogP contribution in [0.4, 0.5) is 0 Å². The van der Waals surface area contributed by atoms with Gasteiger partial charge >= 0.3 is 13.8 Å². The second-order valence-corrected chi connectivity index (χ2v) is 12.9. The molecule has 228 valence electrons. The number of phosphoric acid groups is 1. The third-order valence-electron chi connectivity index (χ3n) is 6.50. The number of hydrogen-bond donors (Lipinski definition) is 2. The second kappa shape index (κ2) is 24.3. The lowest BCUT2D eigenvalue weighted by atomic mass is 10.0. The predicted octanol–water partition coefficient (Wildman–Crippen LogP) is 7.27. The summed E-state index contributed by atoms with van der Waals surface area (Å²) in [5.74, 6) is -0.389. The zero-order valence-electron chi connectivity index (χ0n) is 24.9. The number of unbranched alkanes of at least 4 members (excludes halogenated alkanes) is 16. The molecule has 9 nitrogen and oxygen atoms in total. The lowest BCUT2D eigenvalue weighted by molar-refractivity contribution is -0.870. The monoisotopic (exact) mass is 568 g/mol. The van der Waals surface area contributed by atoms with E-state index in [1.807, 2.05) is 21.1 Å². The fraction of sp³-hybridized carbons (Fsp3) is 0.964. The van der Waals surface area contributed by atoms with Crippen molar-refractivity contribution >= 4 is 13.8 Å². The number of nitrogens with zero attached hydrogens (tertiary/aromatic N) is 1. The van der Waals surface area contributed by atoms with Gasteiger partial charge in [0.25, 0.3) is 0 Å². The molecule has 0 aromatic carbocycles. The lowest BCUT2D eigenvalue weighted by Crippen LogP contribution is -2.37. The maximum Gasteiger partial charge on any atom is 0.472 e. The van der Waals surface area contributed by atoms with E-state index in [1.165, 1.54) is 89.9 Å². The molecule has 0 saturated heterocycles. The molecule has 0 saturated carbocycles. The summed E-state index contributed by atoms with van der Waals surface area (Å²) in [7, 11) is 1.50. The first kappa shape index (κ1) is 37.5. The highest BCUT2D eigenvalue weighted by atomic mass is 31.2. The van der Waals surface area contributed by atoms with Gasteiger partial charge in [-0.15, -0.1) is 0 Å². The van der Waals surface area contributed by atoms with Crippen LogP contribution in [0.2, 0.25) is 0 Å². The van der Waals surface area contributed by atoms with E-state index < -0.39 is 20.5 Å². The van der Waals surface area contributed by atoms with E-state index >= 15 is 0 Å². The zero-order chi connectivity index (χ0) is 28.5. The third kappa shape index (κ3) is 27.0. The Hall–Kier alpha value is -0.540. The lowest BCUT2D eigenvalue weighted by Gasteiger charge is -2.24. The van der Waals surface area contributed by atoms with Gasteiger partial charge in [0.2, 0.25) is 0 Å². The van der Waals surface area contributed by atoms with Gasteiger partial charge in [0.15, 0.2) is 6.10 Å². The first-order valence-electron chi connectivity index (χ1n) is 15.0. The van der Waals surface area contributed by atoms with Crippen molar-refractivity contribution < 1.29 is 42.7 Å². The van der Waals surface area contributed by atoms with Crippen LogP contribution in [-0.2, 0) is 28.0 Å². The first-order chi connectivity index (χ1) is 18.1. The standard InChI is InChI=1S/C28H58NO8P/c1-5-6-7-8-9-10-11-12-13-14-15-16-17-18-19-20-21-22-28(30)34-25-27(37-31)26-36-38(32,33)35-24-23-29(2,3)4/h27H,5-26H2,1-4H3,(H-,31,32,33)/p+1. The maximum atomic E-state index is 11.9. The Morgan fingerprint density at radius 3 is 1.61 bits per heavy atom. The Morgan fingerprint density at radius 2 is 1.18 bits per heavy atom. The summed E-state index contributed by atoms with van der Waals surface area (Å²) in [5, 5.41) is 8.96. The fourth-order valence-electron chi connectivity index (χ4n) is 4.01. The molecule has 0 bridgehead atoms. The van der Waals surface area contributed by atoms with Crippen LogP contribution in [0, 0.1) is 0 Å². The summed E-state index contributed by atoms with van der Waals surface area (Å²) in [6.45, 7) is 2.11. The van der Waals surface area contributed by atoms with Gasteiger partial charge in [0.1, 0.15) is 19.8 Å². The van der Waals surface area contributed by atoms with Crippen molar-refractivity contribution in [2.75, 3.05) is 47.5 Å². The number of hydrogen-bond acceptors (Lipinski definition) is 7. The van der Waals surface area contributed by atoms with Gasteiger partial charge in [-0.05, 0) is 6.42 Å². The molecule has 0 aliphatic carbocycles. The molecule has 0 amide bonds. The highest BCUT2D eigenvalue weighted by molar-refractivity contribution is 7.47. The number of carbonyl (C=O) groups excluding carboxylic acids is 1. The smallest absolute Gasteiger partial charge is 0.463 e. The van der Waals surface area contributed by atoms with Crippen LogP contribution in [0.1, 0.15) is 122 Å². The van der Waals surface area contributed by atoms with Crippen molar-refractivity contribution in [2.24, 2.45) is 0 Å². The number of phosphoric ester groups is 1. The molecule has 0 fully saturated rings. The van der Waals surface area contributed by atoms with Gasteiger partial charge in [-0.25, -0.2) is 9.45 Å². The van der Waals surface area contributed by atoms with Gasteiger partial charge in [-0.3, -0.25) is 19.1 Å². The Morgan fingerprint density at radius 1 is 0.737 bits per heavy atom. The van der Waals surface area contributed by atoms with E-state index in [0.29, 0.717) is 17.4 Å². The summed E-state index contributed by atoms with van der Waals surface area (Å²) in [6, 6.07) is 0. The van der Waals surface area contributed by atoms with Crippen molar-refractivity contribution in [2.45, 2.75) is 129 Å². The molecule has 0 spiro atoms. The summed E-state index contributed by atoms with van der Waals surface area (Å²) in [4.78, 5) is 25.8. The normalized spacial score (nSPS) is 14.4. The fourth-order valence-corrected chi connectivity index (χ4v) is 4.75. The topological polar surface area (TPSA) is 112 Å². The summed E-state index contributed by atoms with van der Waals surface area (Å²) < 4.78 is 27.3. The summed E-state index contributed by atoms with van der Waals surface area (Å²) in [6.07, 6.45) is 21.0. The molecule has 38 heavy (non-hydrogen) atoms. The number of carbonyl (C=O) groups is 1. The third-order valence-corrected chi connectivity index (χ3v) is 7.49. The molecule has 0 aliphatic rings. The second-order valence-electron chi connectivity index (χ2n) is 11.4. The number of quaternary nitrogens is 1. The molecule has 2 unspecified atom stereocenters. The SMILES string of the molecule is CCCCCCCCCCCCCCCCCCCC(=O)OCC(COP(=O)(O)OCC[N+](C)(C)C)OO. The van der Waals surface area contributed by atoms with Crippen LogP contribution in [0.5, 0.6) is 0 Å². The average Bonchev–Trinajstić information content (AvgIpc) is 2.85. The van der Waals surface area contributed by atoms with E-state index in [1.54, 1.807) is 0 Å². The average molecular weight is 569 g/mol. The molecular formula is C28H59NO8P+. The summed E-state index contributed by atoms with van der Waals surface area (Å²) in [5.41, 5.74) is 0. The van der Waals surface area contributed by atoms with E-state index in [4.69, 9.17) is 19.0 Å². The van der Waals surface area contributed by atoms with Crippen molar-refractivity contribution in [3.63, 3.8) is 0 Å². The largest absolute Gasteiger partial charge is 0.472 e. The maximum absolute atomic E-state index is 11.9. The van der Waals surface area contributed by atoms with E-state index in [2.05, 4.69) is 11.8 Å². The van der Waals surface area contributed by atoms with Crippen LogP contribution in [0.25, 0.3) is 0 Å². The molecule has 0 rings (SSSR count). The highest BCUT2D eigenvalue weighted by Gasteiger charge is 2.25. The van der Waals surface area contributed by atoms with Crippen molar-refractivity contribution in [1.82, 2.24) is 0 Å². The van der Waals surface area contributed by atoms with Gasteiger partial charge < -0.3 is 14.1 Å². The van der Waals surface area contributed by atoms with Gasteiger partial charge in [-0.1, -0.05) is 110 Å². The molecule has 0 radical (unpaired) electrons. The van der Waals surface area contributed by atoms with E-state index in [9.17, 15) is 14.3 Å². The minimum absolute atomic E-state index is 0.0380. The Bertz CT molecular complexity index is 600. The minimum Gasteiger partial charge on any atom is -0.463 e. The molecule has 0 aliphatic heterocycles. The molecule has 0 aromatic rings. The van der Waals surface area contributed by atoms with Crippen LogP contribution >= 0.6 is 7.82 Å². The Kier molecular flexibility index (Phi) is 23.9. The minimum atomic E-state index is -4.28. The van der Waals surface area contributed by atoms with Crippen molar-refractivity contribution in [3.05, 3.63) is 0 Å². The number of likely N-dealkylation sites (N-methyl/N-ethyl adjacent to an activating group) is 1. The van der Waals surface area contributed by atoms with Crippen molar-refractivity contribution in [3.8, 4) is 0 Å². The predicted molar refractivity (Wildman–Crippen MR) is 152 cm³/mol. The van der Waals surface area contributed by atoms with Gasteiger partial charge in [0.05, 0.1) is 27.7 Å². The Balaban J connectivity index is 3.60. The van der Waals surface area contributed by atoms with E-state index in [-0.39, 0.29) is 19.2 Å². The molecule has 2 N–H and O–H groups in total. The van der Waals surface area contributed by atoms with Crippen LogP contribution in [-0.4, -0.2) is 74.2 Å². The molecule has 0 heterocycles. The van der Waals surface area contributed by atoms with Gasteiger partial charge in [-0.2, -0.15) is 0 Å². The van der Waals surface area contributed by atoms with Crippen LogP contribution < -0.4 is 0 Å². The number of rotatable bonds is 28. The quantitative estimate of drug-likeness (QED) is 0.0253. The molecule has 2 atom stereocenters. The number of ether oxygens (including phenoxy) is 1. The molecular weight excluding hydrogens is 509 g/mol. The number of esters is 1. The van der Waals surface area contributed by atoms with Crippen LogP contribution in [0.3, 0.4) is 0 Å². The van der Waals surface area contributed by atoms with Gasteiger partial charge in [0, 0.05) is 6.42 Å². The van der Waals surface area contributed by atoms with Crippen LogP contribution in [0.15, 0.2) is 0 Å². The molecule has 0 aromatic heterocycles. The summed E-state index contributed by atoms with van der Waals surface area (Å²) >= 11 is 0. The van der Waals surface area contributed by atoms with Crippen molar-refractivity contribution in [1.29, 1.82) is 0 Å². The zero-order valence-corrected chi connectivity index (χ0v) is 25.8. The highest BCUT2D eigenvalue weighted by Crippen LogP contribution is 2.43. The first-order valence-corrected chi connectivity index (χ1v) is 16.5. The Labute approximate surface area is 232 Å². The molecule has 10 heteroatoms.